The molecule has 1 fully saturated rings. The van der Waals surface area contributed by atoms with Crippen LogP contribution in [0, 0.1) is 0 Å². The molecule has 1 atom stereocenters. The van der Waals surface area contributed by atoms with Crippen LogP contribution in [-0.4, -0.2) is 42.1 Å². The Balaban J connectivity index is 1.99. The van der Waals surface area contributed by atoms with Gasteiger partial charge in [-0.15, -0.1) is 0 Å². The third-order valence-electron chi connectivity index (χ3n) is 2.89. The highest BCUT2D eigenvalue weighted by Crippen LogP contribution is 2.22. The maximum Gasteiger partial charge on any atom is 0.326 e. The second-order valence-corrected chi connectivity index (χ2v) is 6.18. The van der Waals surface area contributed by atoms with Gasteiger partial charge in [0, 0.05) is 13.2 Å². The van der Waals surface area contributed by atoms with Gasteiger partial charge in [-0.1, -0.05) is 0 Å². The summed E-state index contributed by atoms with van der Waals surface area (Å²) in [5.41, 5.74) is 0.478. The van der Waals surface area contributed by atoms with Crippen LogP contribution in [0.2, 0.25) is 0 Å². The largest absolute Gasteiger partial charge is 0.373 e. The van der Waals surface area contributed by atoms with Gasteiger partial charge >= 0.3 is 6.03 Å². The molecule has 10 heteroatoms. The number of hydrogen-bond donors (Lipinski definition) is 4. The summed E-state index contributed by atoms with van der Waals surface area (Å²) in [6, 6.07) is 1.06. The SMILES string of the molecule is CCO[C@H](/C=C1\NC(=O)NC1=O)CNC(=O)c1cc(Br)c(Br)[nH]1. The summed E-state index contributed by atoms with van der Waals surface area (Å²) in [4.78, 5) is 37.5. The minimum Gasteiger partial charge on any atom is -0.373 e. The highest BCUT2D eigenvalue weighted by atomic mass is 79.9. The number of ether oxygens (including phenoxy) is 1. The molecule has 1 aliphatic rings. The molecule has 23 heavy (non-hydrogen) atoms. The van der Waals surface area contributed by atoms with Crippen molar-refractivity contribution in [2.75, 3.05) is 13.2 Å². The van der Waals surface area contributed by atoms with Crippen molar-refractivity contribution in [1.82, 2.24) is 20.9 Å². The smallest absolute Gasteiger partial charge is 0.326 e. The van der Waals surface area contributed by atoms with Crippen LogP contribution in [0.3, 0.4) is 0 Å². The van der Waals surface area contributed by atoms with Gasteiger partial charge in [-0.25, -0.2) is 4.79 Å². The van der Waals surface area contributed by atoms with Crippen molar-refractivity contribution in [2.45, 2.75) is 13.0 Å². The van der Waals surface area contributed by atoms with Crippen LogP contribution in [0.25, 0.3) is 0 Å². The predicted molar refractivity (Wildman–Crippen MR) is 88.7 cm³/mol. The summed E-state index contributed by atoms with van der Waals surface area (Å²) < 4.78 is 6.85. The lowest BCUT2D eigenvalue weighted by molar-refractivity contribution is -0.115. The Labute approximate surface area is 148 Å². The van der Waals surface area contributed by atoms with Crippen molar-refractivity contribution >= 4 is 49.7 Å². The van der Waals surface area contributed by atoms with Gasteiger partial charge in [0.25, 0.3) is 11.8 Å². The predicted octanol–water partition coefficient (Wildman–Crippen LogP) is 1.40. The molecule has 4 amide bonds. The molecule has 2 rings (SSSR count). The van der Waals surface area contributed by atoms with Crippen LogP contribution >= 0.6 is 31.9 Å². The van der Waals surface area contributed by atoms with Crippen LogP contribution in [-0.2, 0) is 9.53 Å². The first-order valence-electron chi connectivity index (χ1n) is 6.68. The Hall–Kier alpha value is -1.65. The fraction of sp³-hybridized carbons (Fsp3) is 0.308. The summed E-state index contributed by atoms with van der Waals surface area (Å²) in [5.74, 6) is -0.845. The highest BCUT2D eigenvalue weighted by molar-refractivity contribution is 9.13. The number of imide groups is 1. The van der Waals surface area contributed by atoms with Crippen molar-refractivity contribution < 1.29 is 19.1 Å². The summed E-state index contributed by atoms with van der Waals surface area (Å²) in [5, 5.41) is 7.17. The number of aromatic amines is 1. The summed E-state index contributed by atoms with van der Waals surface area (Å²) >= 11 is 6.54. The average molecular weight is 450 g/mol. The Morgan fingerprint density at radius 1 is 1.39 bits per heavy atom. The second-order valence-electron chi connectivity index (χ2n) is 4.54. The lowest BCUT2D eigenvalue weighted by Crippen LogP contribution is -2.33. The van der Waals surface area contributed by atoms with Gasteiger partial charge in [-0.05, 0) is 50.9 Å². The van der Waals surface area contributed by atoms with Gasteiger partial charge in [0.05, 0.1) is 15.2 Å². The highest BCUT2D eigenvalue weighted by Gasteiger charge is 2.24. The quantitative estimate of drug-likeness (QED) is 0.388. The fourth-order valence-corrected chi connectivity index (χ4v) is 2.54. The van der Waals surface area contributed by atoms with Gasteiger partial charge in [0.2, 0.25) is 0 Å². The van der Waals surface area contributed by atoms with Crippen molar-refractivity contribution in [3.63, 3.8) is 0 Å². The first-order valence-corrected chi connectivity index (χ1v) is 8.27. The minimum absolute atomic E-state index is 0.105. The van der Waals surface area contributed by atoms with Crippen molar-refractivity contribution in [2.24, 2.45) is 0 Å². The molecule has 0 spiro atoms. The number of H-pyrrole nitrogens is 1. The molecular weight excluding hydrogens is 436 g/mol. The zero-order valence-corrected chi connectivity index (χ0v) is 15.2. The molecule has 0 saturated carbocycles. The Kier molecular flexibility index (Phi) is 5.97. The number of rotatable bonds is 6. The Morgan fingerprint density at radius 3 is 2.65 bits per heavy atom. The van der Waals surface area contributed by atoms with Crippen molar-refractivity contribution in [3.8, 4) is 0 Å². The molecule has 1 aromatic heterocycles. The van der Waals surface area contributed by atoms with Crippen LogP contribution in [0.4, 0.5) is 4.79 Å². The van der Waals surface area contributed by atoms with Crippen LogP contribution in [0.1, 0.15) is 17.4 Å². The van der Waals surface area contributed by atoms with Gasteiger partial charge in [0.1, 0.15) is 11.4 Å². The molecule has 1 aromatic rings. The number of nitrogens with one attached hydrogen (secondary N) is 4. The number of amides is 4. The van der Waals surface area contributed by atoms with Gasteiger partial charge in [-0.3, -0.25) is 14.9 Å². The van der Waals surface area contributed by atoms with Crippen LogP contribution in [0.5, 0.6) is 0 Å². The van der Waals surface area contributed by atoms with E-state index in [1.807, 2.05) is 0 Å². The molecule has 0 aromatic carbocycles. The Morgan fingerprint density at radius 2 is 2.13 bits per heavy atom. The van der Waals surface area contributed by atoms with E-state index in [9.17, 15) is 14.4 Å². The van der Waals surface area contributed by atoms with Crippen LogP contribution < -0.4 is 16.0 Å². The number of carbonyl (C=O) groups is 3. The number of carbonyl (C=O) groups excluding carboxylic acids is 3. The van der Waals surface area contributed by atoms with E-state index in [0.29, 0.717) is 16.9 Å². The normalized spacial score (nSPS) is 17.1. The molecular formula is C13H14Br2N4O4. The minimum atomic E-state index is -0.582. The third-order valence-corrected chi connectivity index (χ3v) is 4.67. The van der Waals surface area contributed by atoms with E-state index in [0.717, 1.165) is 4.47 Å². The van der Waals surface area contributed by atoms with E-state index < -0.39 is 18.0 Å². The lowest BCUT2D eigenvalue weighted by atomic mass is 10.2. The number of urea groups is 1. The number of halogens is 2. The topological polar surface area (TPSA) is 112 Å². The summed E-state index contributed by atoms with van der Waals surface area (Å²) in [7, 11) is 0. The van der Waals surface area contributed by atoms with Gasteiger partial charge in [-0.2, -0.15) is 0 Å². The van der Waals surface area contributed by atoms with Gasteiger partial charge < -0.3 is 20.4 Å². The molecule has 0 bridgehead atoms. The lowest BCUT2D eigenvalue weighted by Gasteiger charge is -2.14. The molecule has 124 valence electrons. The summed E-state index contributed by atoms with van der Waals surface area (Å²) in [6.07, 6.45) is 0.912. The van der Waals surface area contributed by atoms with Crippen molar-refractivity contribution in [1.29, 1.82) is 0 Å². The molecule has 1 aliphatic heterocycles. The molecule has 1 saturated heterocycles. The van der Waals surface area contributed by atoms with Gasteiger partial charge in [0.15, 0.2) is 0 Å². The molecule has 0 aliphatic carbocycles. The average Bonchev–Trinajstić information content (AvgIpc) is 2.98. The van der Waals surface area contributed by atoms with E-state index >= 15 is 0 Å². The summed E-state index contributed by atoms with van der Waals surface area (Å²) in [6.45, 7) is 2.33. The number of aromatic nitrogens is 1. The Bertz CT molecular complexity index is 651. The van der Waals surface area contributed by atoms with E-state index in [-0.39, 0.29) is 18.1 Å². The van der Waals surface area contributed by atoms with E-state index in [1.165, 1.54) is 6.08 Å². The molecule has 4 N–H and O–H groups in total. The van der Waals surface area contributed by atoms with E-state index in [4.69, 9.17) is 4.74 Å². The maximum absolute atomic E-state index is 12.1. The third kappa shape index (κ3) is 4.66. The maximum atomic E-state index is 12.1. The van der Waals surface area contributed by atoms with Crippen molar-refractivity contribution in [3.05, 3.63) is 32.6 Å². The molecule has 0 unspecified atom stereocenters. The first-order chi connectivity index (χ1) is 10.9. The first kappa shape index (κ1) is 17.7. The van der Waals surface area contributed by atoms with E-state index in [2.05, 4.69) is 52.8 Å². The molecule has 2 heterocycles. The second kappa shape index (κ2) is 7.75. The molecule has 8 nitrogen and oxygen atoms in total. The monoisotopic (exact) mass is 448 g/mol. The standard InChI is InChI=1S/C13H14Br2N4O4/c1-2-23-6(3-8-12(21)19-13(22)18-8)5-16-11(20)9-4-7(14)10(15)17-9/h3-4,6,17H,2,5H2,1H3,(H,16,20)(H2,18,19,21,22)/b8-3-/t6-/m1/s1. The zero-order chi connectivity index (χ0) is 17.0. The van der Waals surface area contributed by atoms with Crippen LogP contribution in [0.15, 0.2) is 26.9 Å². The fourth-order valence-electron chi connectivity index (χ4n) is 1.88. The zero-order valence-electron chi connectivity index (χ0n) is 12.0. The van der Waals surface area contributed by atoms with E-state index in [1.54, 1.807) is 13.0 Å². The molecule has 0 radical (unpaired) electrons. The number of hydrogen-bond acceptors (Lipinski definition) is 4.